The summed E-state index contributed by atoms with van der Waals surface area (Å²) in [6, 6.07) is 5.27. The van der Waals surface area contributed by atoms with Crippen LogP contribution in [0.3, 0.4) is 0 Å². The second-order valence-electron chi connectivity index (χ2n) is 12.8. The molecule has 1 saturated heterocycles. The highest BCUT2D eigenvalue weighted by Gasteiger charge is 2.56. The van der Waals surface area contributed by atoms with Crippen molar-refractivity contribution in [3.63, 3.8) is 0 Å². The van der Waals surface area contributed by atoms with Crippen LogP contribution < -0.4 is 10.6 Å². The quantitative estimate of drug-likeness (QED) is 0.616. The molecule has 0 aromatic heterocycles. The lowest BCUT2D eigenvalue weighted by Gasteiger charge is -2.57. The Morgan fingerprint density at radius 1 is 0.811 bits per heavy atom. The summed E-state index contributed by atoms with van der Waals surface area (Å²) in [7, 11) is 0. The Morgan fingerprint density at radius 3 is 2.03 bits per heavy atom. The second kappa shape index (κ2) is 10.0. The molecular weight excluding hydrogens is 469 g/mol. The fourth-order valence-electron chi connectivity index (χ4n) is 8.71. The monoisotopic (exact) mass is 509 g/mol. The van der Waals surface area contributed by atoms with Gasteiger partial charge in [0, 0.05) is 30.7 Å². The standard InChI is InChI=1S/C30H40FN3O3/c31-24-9-7-22(8-10-24)27(35)32-25-5-1-2-6-26(25)33-28(36)23-4-3-11-34(18-23)29(37)30-15-19-12-20(16-30)14-21(13-19)17-30/h7-10,19-21,23,25-26H,1-6,11-18H2,(H,32,35)(H,33,36)/t19?,20?,21?,23-,25-,26-,30?/m1/s1. The van der Waals surface area contributed by atoms with Gasteiger partial charge in [-0.25, -0.2) is 4.39 Å². The molecule has 1 aromatic carbocycles. The molecular formula is C30H40FN3O3. The number of halogens is 1. The number of rotatable bonds is 5. The molecule has 3 amide bonds. The molecule has 5 aliphatic carbocycles. The highest BCUT2D eigenvalue weighted by molar-refractivity contribution is 5.94. The van der Waals surface area contributed by atoms with Crippen LogP contribution in [-0.4, -0.2) is 47.8 Å². The van der Waals surface area contributed by atoms with Gasteiger partial charge in [0.05, 0.1) is 11.3 Å². The number of carbonyl (C=O) groups is 3. The van der Waals surface area contributed by atoms with Crippen molar-refractivity contribution in [3.05, 3.63) is 35.6 Å². The maximum Gasteiger partial charge on any atom is 0.251 e. The predicted octanol–water partition coefficient (Wildman–Crippen LogP) is 4.44. The molecule has 7 heteroatoms. The van der Waals surface area contributed by atoms with Gasteiger partial charge in [-0.15, -0.1) is 0 Å². The molecule has 0 radical (unpaired) electrons. The van der Waals surface area contributed by atoms with Crippen LogP contribution in [0.2, 0.25) is 0 Å². The Kier molecular flexibility index (Phi) is 6.74. The number of nitrogens with one attached hydrogen (secondary N) is 2. The Labute approximate surface area is 219 Å². The van der Waals surface area contributed by atoms with Crippen molar-refractivity contribution in [1.29, 1.82) is 0 Å². The third-order valence-corrected chi connectivity index (χ3v) is 10.1. The highest BCUT2D eigenvalue weighted by Crippen LogP contribution is 2.60. The third kappa shape index (κ3) is 5.03. The van der Waals surface area contributed by atoms with Crippen molar-refractivity contribution in [2.45, 2.75) is 89.1 Å². The molecule has 200 valence electrons. The minimum Gasteiger partial charge on any atom is -0.351 e. The van der Waals surface area contributed by atoms with E-state index in [0.29, 0.717) is 18.0 Å². The summed E-state index contributed by atoms with van der Waals surface area (Å²) in [5, 5.41) is 6.32. The van der Waals surface area contributed by atoms with Gasteiger partial charge in [-0.05, 0) is 106 Å². The molecule has 6 fully saturated rings. The first-order valence-electron chi connectivity index (χ1n) is 14.5. The first-order valence-corrected chi connectivity index (χ1v) is 14.5. The van der Waals surface area contributed by atoms with Crippen molar-refractivity contribution < 1.29 is 18.8 Å². The van der Waals surface area contributed by atoms with Crippen LogP contribution in [0.4, 0.5) is 4.39 Å². The molecule has 1 aliphatic heterocycles. The van der Waals surface area contributed by atoms with Gasteiger partial charge in [0.2, 0.25) is 11.8 Å². The fraction of sp³-hybridized carbons (Fsp3) is 0.700. The maximum absolute atomic E-state index is 13.9. The fourth-order valence-corrected chi connectivity index (χ4v) is 8.71. The van der Waals surface area contributed by atoms with Gasteiger partial charge < -0.3 is 15.5 Å². The summed E-state index contributed by atoms with van der Waals surface area (Å²) >= 11 is 0. The molecule has 3 atom stereocenters. The number of amides is 3. The van der Waals surface area contributed by atoms with Crippen LogP contribution in [0.25, 0.3) is 0 Å². The second-order valence-corrected chi connectivity index (χ2v) is 12.8. The SMILES string of the molecule is O=C(N[C@@H]1CCCC[C@H]1NC(=O)[C@@H]1CCCN(C(=O)C23CC4CC(CC(C4)C2)C3)C1)c1ccc(F)cc1. The topological polar surface area (TPSA) is 78.5 Å². The van der Waals surface area contributed by atoms with Gasteiger partial charge in [0.15, 0.2) is 0 Å². The lowest BCUT2D eigenvalue weighted by molar-refractivity contribution is -0.160. The number of hydrogen-bond donors (Lipinski definition) is 2. The molecule has 1 heterocycles. The van der Waals surface area contributed by atoms with Crippen molar-refractivity contribution in [2.24, 2.45) is 29.1 Å². The summed E-state index contributed by atoms with van der Waals surface area (Å²) in [5.41, 5.74) is 0.259. The van der Waals surface area contributed by atoms with E-state index >= 15 is 0 Å². The van der Waals surface area contributed by atoms with E-state index in [2.05, 4.69) is 10.6 Å². The number of carbonyl (C=O) groups excluding carboxylic acids is 3. The first-order chi connectivity index (χ1) is 17.9. The zero-order chi connectivity index (χ0) is 25.6. The summed E-state index contributed by atoms with van der Waals surface area (Å²) in [4.78, 5) is 42.1. The lowest BCUT2D eigenvalue weighted by Crippen LogP contribution is -2.58. The zero-order valence-corrected chi connectivity index (χ0v) is 21.7. The molecule has 0 unspecified atom stereocenters. The van der Waals surface area contributed by atoms with Crippen LogP contribution in [0.1, 0.15) is 87.4 Å². The molecule has 0 spiro atoms. The van der Waals surface area contributed by atoms with Crippen LogP contribution in [0.5, 0.6) is 0 Å². The van der Waals surface area contributed by atoms with Gasteiger partial charge in [-0.1, -0.05) is 12.8 Å². The summed E-state index contributed by atoms with van der Waals surface area (Å²) in [6.45, 7) is 1.29. The van der Waals surface area contributed by atoms with E-state index in [1.807, 2.05) is 4.90 Å². The smallest absolute Gasteiger partial charge is 0.251 e. The molecule has 37 heavy (non-hydrogen) atoms. The lowest BCUT2D eigenvalue weighted by atomic mass is 9.49. The van der Waals surface area contributed by atoms with Crippen LogP contribution >= 0.6 is 0 Å². The first kappa shape index (κ1) is 24.9. The number of benzene rings is 1. The Bertz CT molecular complexity index is 1010. The van der Waals surface area contributed by atoms with Gasteiger partial charge in [0.25, 0.3) is 5.91 Å². The molecule has 6 aliphatic rings. The van der Waals surface area contributed by atoms with Crippen molar-refractivity contribution >= 4 is 17.7 Å². The van der Waals surface area contributed by atoms with Gasteiger partial charge in [-0.2, -0.15) is 0 Å². The molecule has 4 bridgehead atoms. The summed E-state index contributed by atoms with van der Waals surface area (Å²) < 4.78 is 13.3. The normalized spacial score (nSPS) is 36.7. The van der Waals surface area contributed by atoms with Crippen LogP contribution in [0.15, 0.2) is 24.3 Å². The molecule has 1 aromatic rings. The summed E-state index contributed by atoms with van der Waals surface area (Å²) in [5.74, 6) is 1.72. The van der Waals surface area contributed by atoms with E-state index in [1.165, 1.54) is 43.5 Å². The number of piperidine rings is 1. The Hall–Kier alpha value is -2.44. The minimum atomic E-state index is -0.373. The average molecular weight is 510 g/mol. The molecule has 7 rings (SSSR count). The minimum absolute atomic E-state index is 0.0101. The number of hydrogen-bond acceptors (Lipinski definition) is 3. The zero-order valence-electron chi connectivity index (χ0n) is 21.7. The van der Waals surface area contributed by atoms with E-state index in [4.69, 9.17) is 0 Å². The van der Waals surface area contributed by atoms with Crippen LogP contribution in [0, 0.1) is 34.9 Å². The molecule has 6 nitrogen and oxygen atoms in total. The van der Waals surface area contributed by atoms with E-state index < -0.39 is 0 Å². The maximum atomic E-state index is 13.9. The number of nitrogens with zero attached hydrogens (tertiary/aromatic N) is 1. The van der Waals surface area contributed by atoms with Crippen molar-refractivity contribution in [3.8, 4) is 0 Å². The Morgan fingerprint density at radius 2 is 1.41 bits per heavy atom. The largest absolute Gasteiger partial charge is 0.351 e. The Balaban J connectivity index is 1.07. The van der Waals surface area contributed by atoms with E-state index in [0.717, 1.165) is 82.1 Å². The highest BCUT2D eigenvalue weighted by atomic mass is 19.1. The predicted molar refractivity (Wildman–Crippen MR) is 138 cm³/mol. The van der Waals surface area contributed by atoms with Crippen LogP contribution in [-0.2, 0) is 9.59 Å². The van der Waals surface area contributed by atoms with Gasteiger partial charge >= 0.3 is 0 Å². The average Bonchev–Trinajstić information content (AvgIpc) is 2.89. The summed E-state index contributed by atoms with van der Waals surface area (Å²) in [6.07, 6.45) is 12.4. The number of likely N-dealkylation sites (tertiary alicyclic amines) is 1. The van der Waals surface area contributed by atoms with Crippen molar-refractivity contribution in [2.75, 3.05) is 13.1 Å². The molecule has 2 N–H and O–H groups in total. The van der Waals surface area contributed by atoms with E-state index in [1.54, 1.807) is 0 Å². The van der Waals surface area contributed by atoms with Gasteiger partial charge in [0.1, 0.15) is 5.82 Å². The molecule has 5 saturated carbocycles. The van der Waals surface area contributed by atoms with E-state index in [9.17, 15) is 18.8 Å². The van der Waals surface area contributed by atoms with Crippen molar-refractivity contribution in [1.82, 2.24) is 15.5 Å². The third-order valence-electron chi connectivity index (χ3n) is 10.1. The van der Waals surface area contributed by atoms with E-state index in [-0.39, 0.29) is 41.0 Å². The van der Waals surface area contributed by atoms with Gasteiger partial charge in [-0.3, -0.25) is 14.4 Å².